The lowest BCUT2D eigenvalue weighted by atomic mass is 10.1. The number of benzene rings is 2. The Morgan fingerprint density at radius 1 is 1.04 bits per heavy atom. The van der Waals surface area contributed by atoms with Gasteiger partial charge in [0.05, 0.1) is 11.4 Å². The molecular weight excluding hydrogens is 326 g/mol. The van der Waals surface area contributed by atoms with Gasteiger partial charge in [0.2, 0.25) is 0 Å². The summed E-state index contributed by atoms with van der Waals surface area (Å²) >= 11 is 0. The molecule has 0 fully saturated rings. The van der Waals surface area contributed by atoms with Crippen LogP contribution in [-0.4, -0.2) is 57.7 Å². The highest BCUT2D eigenvalue weighted by atomic mass is 16.5. The van der Waals surface area contributed by atoms with Crippen LogP contribution in [0.25, 0.3) is 0 Å². The van der Waals surface area contributed by atoms with E-state index in [1.165, 1.54) is 5.56 Å². The molecule has 0 saturated carbocycles. The third kappa shape index (κ3) is 4.35. The lowest BCUT2D eigenvalue weighted by Gasteiger charge is -2.38. The number of hydrogen-bond acceptors (Lipinski definition) is 4. The van der Waals surface area contributed by atoms with Crippen molar-refractivity contribution in [3.05, 3.63) is 54.1 Å². The molecule has 1 aliphatic heterocycles. The molecule has 0 bridgehead atoms. The Labute approximate surface area is 155 Å². The first-order chi connectivity index (χ1) is 12.5. The highest BCUT2D eigenvalue weighted by Gasteiger charge is 2.26. The number of hydrogen-bond donors (Lipinski definition) is 0. The minimum Gasteiger partial charge on any atom is -0.484 e. The molecule has 5 heteroatoms. The van der Waals surface area contributed by atoms with Crippen LogP contribution in [0.4, 0.5) is 11.4 Å². The number of aryl methyl sites for hydroxylation is 1. The molecule has 2 aromatic carbocycles. The van der Waals surface area contributed by atoms with Gasteiger partial charge in [-0.3, -0.25) is 4.79 Å². The zero-order valence-electron chi connectivity index (χ0n) is 15.8. The third-order valence-electron chi connectivity index (χ3n) is 4.61. The molecule has 0 unspecified atom stereocenters. The summed E-state index contributed by atoms with van der Waals surface area (Å²) in [6, 6.07) is 15.9. The molecule has 1 amide bonds. The zero-order chi connectivity index (χ0) is 18.5. The number of anilines is 2. The Bertz CT molecular complexity index is 743. The van der Waals surface area contributed by atoms with Crippen molar-refractivity contribution >= 4 is 17.3 Å². The molecule has 3 rings (SSSR count). The smallest absolute Gasteiger partial charge is 0.265 e. The number of rotatable bonds is 6. The monoisotopic (exact) mass is 353 g/mol. The summed E-state index contributed by atoms with van der Waals surface area (Å²) in [6.45, 7) is 5.53. The molecule has 1 heterocycles. The number of likely N-dealkylation sites (N-methyl/N-ethyl adjacent to an activating group) is 1. The third-order valence-corrected chi connectivity index (χ3v) is 4.61. The fraction of sp³-hybridized carbons (Fsp3) is 0.381. The number of carbonyl (C=O) groups is 1. The van der Waals surface area contributed by atoms with E-state index in [9.17, 15) is 4.79 Å². The summed E-state index contributed by atoms with van der Waals surface area (Å²) in [5, 5.41) is 0. The van der Waals surface area contributed by atoms with Crippen molar-refractivity contribution in [1.82, 2.24) is 4.90 Å². The van der Waals surface area contributed by atoms with E-state index in [1.54, 1.807) is 0 Å². The summed E-state index contributed by atoms with van der Waals surface area (Å²) in [5.74, 6) is 0.715. The highest BCUT2D eigenvalue weighted by Crippen LogP contribution is 2.32. The lowest BCUT2D eigenvalue weighted by Crippen LogP contribution is -2.47. The maximum absolute atomic E-state index is 12.7. The highest BCUT2D eigenvalue weighted by molar-refractivity contribution is 5.98. The maximum Gasteiger partial charge on any atom is 0.265 e. The quantitative estimate of drug-likeness (QED) is 0.800. The summed E-state index contributed by atoms with van der Waals surface area (Å²) in [7, 11) is 4.15. The first-order valence-electron chi connectivity index (χ1n) is 9.03. The van der Waals surface area contributed by atoms with Crippen molar-refractivity contribution in [2.45, 2.75) is 6.92 Å². The number of ether oxygens (including phenoxy) is 1. The maximum atomic E-state index is 12.7. The molecule has 0 radical (unpaired) electrons. The Morgan fingerprint density at radius 2 is 1.73 bits per heavy atom. The van der Waals surface area contributed by atoms with E-state index < -0.39 is 0 Å². The molecular formula is C21H27N3O2. The van der Waals surface area contributed by atoms with E-state index in [1.807, 2.05) is 54.3 Å². The molecule has 0 aromatic heterocycles. The Kier molecular flexibility index (Phi) is 5.78. The Hall–Kier alpha value is -2.53. The van der Waals surface area contributed by atoms with Crippen molar-refractivity contribution < 1.29 is 9.53 Å². The SMILES string of the molecule is Cc1ccc(OCC(=O)N2CCN(CCN(C)C)c3ccccc32)cc1. The first-order valence-corrected chi connectivity index (χ1v) is 9.03. The van der Waals surface area contributed by atoms with Gasteiger partial charge < -0.3 is 19.4 Å². The van der Waals surface area contributed by atoms with Crippen LogP contribution in [0.1, 0.15) is 5.56 Å². The number of para-hydroxylation sites is 2. The van der Waals surface area contributed by atoms with E-state index in [0.717, 1.165) is 36.8 Å². The van der Waals surface area contributed by atoms with Crippen LogP contribution < -0.4 is 14.5 Å². The number of amides is 1. The van der Waals surface area contributed by atoms with Gasteiger partial charge in [0.25, 0.3) is 5.91 Å². The van der Waals surface area contributed by atoms with Crippen LogP contribution >= 0.6 is 0 Å². The van der Waals surface area contributed by atoms with Crippen LogP contribution in [-0.2, 0) is 4.79 Å². The minimum absolute atomic E-state index is 0.00900. The standard InChI is InChI=1S/C21H27N3O2/c1-17-8-10-18(11-9-17)26-16-21(25)24-15-14-23(13-12-22(2)3)19-6-4-5-7-20(19)24/h4-11H,12-16H2,1-3H3. The van der Waals surface area contributed by atoms with Crippen molar-refractivity contribution in [2.75, 3.05) is 56.7 Å². The van der Waals surface area contributed by atoms with E-state index in [2.05, 4.69) is 30.0 Å². The minimum atomic E-state index is -0.00900. The summed E-state index contributed by atoms with van der Waals surface area (Å²) < 4.78 is 5.69. The fourth-order valence-corrected chi connectivity index (χ4v) is 3.09. The van der Waals surface area contributed by atoms with E-state index >= 15 is 0 Å². The predicted molar refractivity (Wildman–Crippen MR) is 106 cm³/mol. The number of nitrogens with zero attached hydrogens (tertiary/aromatic N) is 3. The van der Waals surface area contributed by atoms with Crippen LogP contribution in [0.5, 0.6) is 5.75 Å². The molecule has 0 atom stereocenters. The number of fused-ring (bicyclic) bond motifs is 1. The summed E-state index contributed by atoms with van der Waals surface area (Å²) in [6.07, 6.45) is 0. The molecule has 0 saturated heterocycles. The van der Waals surface area contributed by atoms with Gasteiger partial charge in [0.1, 0.15) is 5.75 Å². The molecule has 1 aliphatic rings. The predicted octanol–water partition coefficient (Wildman–Crippen LogP) is 2.79. The average molecular weight is 353 g/mol. The summed E-state index contributed by atoms with van der Waals surface area (Å²) in [5.41, 5.74) is 3.26. The molecule has 0 spiro atoms. The Morgan fingerprint density at radius 3 is 2.42 bits per heavy atom. The van der Waals surface area contributed by atoms with Gasteiger partial charge in [0.15, 0.2) is 6.61 Å². The van der Waals surface area contributed by atoms with E-state index in [4.69, 9.17) is 4.74 Å². The van der Waals surface area contributed by atoms with Gasteiger partial charge in [-0.2, -0.15) is 0 Å². The van der Waals surface area contributed by atoms with Crippen LogP contribution in [0.15, 0.2) is 48.5 Å². The first kappa shape index (κ1) is 18.3. The molecule has 0 N–H and O–H groups in total. The van der Waals surface area contributed by atoms with Gasteiger partial charge >= 0.3 is 0 Å². The van der Waals surface area contributed by atoms with Crippen LogP contribution in [0.2, 0.25) is 0 Å². The normalized spacial score (nSPS) is 13.7. The number of carbonyl (C=O) groups excluding carboxylic acids is 1. The average Bonchev–Trinajstić information content (AvgIpc) is 2.65. The van der Waals surface area contributed by atoms with Crippen molar-refractivity contribution in [1.29, 1.82) is 0 Å². The zero-order valence-corrected chi connectivity index (χ0v) is 15.8. The Balaban J connectivity index is 1.68. The molecule has 138 valence electrons. The van der Waals surface area contributed by atoms with Crippen LogP contribution in [0.3, 0.4) is 0 Å². The van der Waals surface area contributed by atoms with Crippen LogP contribution in [0, 0.1) is 6.92 Å². The largest absolute Gasteiger partial charge is 0.484 e. The van der Waals surface area contributed by atoms with Gasteiger partial charge in [0, 0.05) is 26.2 Å². The van der Waals surface area contributed by atoms with Gasteiger partial charge in [-0.1, -0.05) is 29.8 Å². The van der Waals surface area contributed by atoms with Crippen molar-refractivity contribution in [3.63, 3.8) is 0 Å². The van der Waals surface area contributed by atoms with Crippen molar-refractivity contribution in [3.8, 4) is 5.75 Å². The lowest BCUT2D eigenvalue weighted by molar-refractivity contribution is -0.120. The van der Waals surface area contributed by atoms with E-state index in [0.29, 0.717) is 6.54 Å². The molecule has 26 heavy (non-hydrogen) atoms. The molecule has 0 aliphatic carbocycles. The molecule has 5 nitrogen and oxygen atoms in total. The fourth-order valence-electron chi connectivity index (χ4n) is 3.09. The van der Waals surface area contributed by atoms with Gasteiger partial charge in [-0.15, -0.1) is 0 Å². The van der Waals surface area contributed by atoms with E-state index in [-0.39, 0.29) is 12.5 Å². The van der Waals surface area contributed by atoms with Gasteiger partial charge in [-0.25, -0.2) is 0 Å². The second kappa shape index (κ2) is 8.23. The second-order valence-electron chi connectivity index (χ2n) is 6.93. The van der Waals surface area contributed by atoms with Gasteiger partial charge in [-0.05, 0) is 45.3 Å². The second-order valence-corrected chi connectivity index (χ2v) is 6.93. The molecule has 2 aromatic rings. The van der Waals surface area contributed by atoms with Crippen molar-refractivity contribution in [2.24, 2.45) is 0 Å². The topological polar surface area (TPSA) is 36.0 Å². The summed E-state index contributed by atoms with van der Waals surface area (Å²) in [4.78, 5) is 19.1.